The lowest BCUT2D eigenvalue weighted by Gasteiger charge is -2.34. The van der Waals surface area contributed by atoms with Gasteiger partial charge in [0.2, 0.25) is 0 Å². The van der Waals surface area contributed by atoms with E-state index in [1.165, 1.54) is 19.3 Å². The lowest BCUT2D eigenvalue weighted by Crippen LogP contribution is -2.29. The molecular formula is C15H22FN. The summed E-state index contributed by atoms with van der Waals surface area (Å²) in [6.45, 7) is 2.22. The first-order chi connectivity index (χ1) is 8.14. The standard InChI is InChI=1S/C15H22FN/c1-15(16,13-7-3-2-4-8-13)14-9-5-6-12(10-14)11-17/h5-6,9-10,13H,2-4,7-8,11,17H2,1H3. The van der Waals surface area contributed by atoms with E-state index in [9.17, 15) is 4.39 Å². The van der Waals surface area contributed by atoms with E-state index in [2.05, 4.69) is 0 Å². The molecule has 0 aromatic heterocycles. The van der Waals surface area contributed by atoms with E-state index >= 15 is 0 Å². The normalized spacial score (nSPS) is 21.1. The van der Waals surface area contributed by atoms with Crippen molar-refractivity contribution in [2.75, 3.05) is 0 Å². The van der Waals surface area contributed by atoms with Crippen LogP contribution in [0.2, 0.25) is 0 Å². The van der Waals surface area contributed by atoms with Crippen LogP contribution in [0.15, 0.2) is 24.3 Å². The van der Waals surface area contributed by atoms with Gasteiger partial charge in [0.05, 0.1) is 0 Å². The average Bonchev–Trinajstić information content (AvgIpc) is 2.40. The van der Waals surface area contributed by atoms with Gasteiger partial charge in [0.25, 0.3) is 0 Å². The van der Waals surface area contributed by atoms with Crippen molar-refractivity contribution in [3.63, 3.8) is 0 Å². The van der Waals surface area contributed by atoms with Crippen LogP contribution >= 0.6 is 0 Å². The van der Waals surface area contributed by atoms with E-state index in [0.29, 0.717) is 6.54 Å². The Morgan fingerprint density at radius 3 is 2.65 bits per heavy atom. The van der Waals surface area contributed by atoms with Crippen molar-refractivity contribution < 1.29 is 4.39 Å². The third-order valence-electron chi connectivity index (χ3n) is 4.10. The van der Waals surface area contributed by atoms with Gasteiger partial charge in [-0.15, -0.1) is 0 Å². The Balaban J connectivity index is 2.22. The molecule has 1 unspecified atom stereocenters. The monoisotopic (exact) mass is 235 g/mol. The summed E-state index contributed by atoms with van der Waals surface area (Å²) in [5.41, 5.74) is 6.23. The Morgan fingerprint density at radius 1 is 1.29 bits per heavy atom. The summed E-state index contributed by atoms with van der Waals surface area (Å²) in [5, 5.41) is 0. The van der Waals surface area contributed by atoms with Gasteiger partial charge in [-0.25, -0.2) is 4.39 Å². The zero-order valence-corrected chi connectivity index (χ0v) is 10.6. The van der Waals surface area contributed by atoms with Gasteiger partial charge in [-0.1, -0.05) is 43.5 Å². The molecular weight excluding hydrogens is 213 g/mol. The summed E-state index contributed by atoms with van der Waals surface area (Å²) < 4.78 is 15.0. The molecule has 2 rings (SSSR count). The van der Waals surface area contributed by atoms with E-state index in [1.807, 2.05) is 24.3 Å². The van der Waals surface area contributed by atoms with Crippen LogP contribution in [-0.4, -0.2) is 0 Å². The second-order valence-electron chi connectivity index (χ2n) is 5.32. The Kier molecular flexibility index (Phi) is 3.82. The third-order valence-corrected chi connectivity index (χ3v) is 4.10. The summed E-state index contributed by atoms with van der Waals surface area (Å²) in [5.74, 6) is 0.171. The lowest BCUT2D eigenvalue weighted by atomic mass is 9.75. The van der Waals surface area contributed by atoms with Crippen molar-refractivity contribution in [3.8, 4) is 0 Å². The number of hydrogen-bond donors (Lipinski definition) is 1. The second-order valence-corrected chi connectivity index (χ2v) is 5.32. The van der Waals surface area contributed by atoms with Crippen molar-refractivity contribution >= 4 is 0 Å². The van der Waals surface area contributed by atoms with Crippen LogP contribution in [0.1, 0.15) is 50.2 Å². The number of benzene rings is 1. The molecule has 1 aromatic carbocycles. The minimum Gasteiger partial charge on any atom is -0.326 e. The van der Waals surface area contributed by atoms with Gasteiger partial charge in [-0.3, -0.25) is 0 Å². The van der Waals surface area contributed by atoms with Crippen molar-refractivity contribution in [1.29, 1.82) is 0 Å². The number of rotatable bonds is 3. The molecule has 0 spiro atoms. The first-order valence-corrected chi connectivity index (χ1v) is 6.63. The van der Waals surface area contributed by atoms with Gasteiger partial charge in [0, 0.05) is 6.54 Å². The third kappa shape index (κ3) is 2.68. The first kappa shape index (κ1) is 12.6. The van der Waals surface area contributed by atoms with E-state index in [-0.39, 0.29) is 5.92 Å². The fraction of sp³-hybridized carbons (Fsp3) is 0.600. The van der Waals surface area contributed by atoms with E-state index < -0.39 is 5.67 Å². The van der Waals surface area contributed by atoms with Crippen molar-refractivity contribution in [3.05, 3.63) is 35.4 Å². The molecule has 0 amide bonds. The predicted molar refractivity (Wildman–Crippen MR) is 69.4 cm³/mol. The molecule has 1 aliphatic carbocycles. The summed E-state index contributed by atoms with van der Waals surface area (Å²) in [4.78, 5) is 0. The van der Waals surface area contributed by atoms with Gasteiger partial charge in [-0.2, -0.15) is 0 Å². The van der Waals surface area contributed by atoms with Gasteiger partial charge in [0.15, 0.2) is 0 Å². The summed E-state index contributed by atoms with van der Waals surface area (Å²) >= 11 is 0. The number of halogens is 1. The predicted octanol–water partition coefficient (Wildman–Crippen LogP) is 3.91. The number of nitrogens with two attached hydrogens (primary N) is 1. The zero-order valence-electron chi connectivity index (χ0n) is 10.6. The van der Waals surface area contributed by atoms with Gasteiger partial charge < -0.3 is 5.73 Å². The molecule has 1 aliphatic rings. The number of hydrogen-bond acceptors (Lipinski definition) is 1. The van der Waals surface area contributed by atoms with Crippen LogP contribution in [0.5, 0.6) is 0 Å². The highest BCUT2D eigenvalue weighted by Gasteiger charge is 2.36. The molecule has 0 bridgehead atoms. The highest BCUT2D eigenvalue weighted by atomic mass is 19.1. The maximum absolute atomic E-state index is 15.0. The molecule has 0 heterocycles. The minimum atomic E-state index is -1.20. The van der Waals surface area contributed by atoms with Crippen molar-refractivity contribution in [2.45, 2.75) is 51.2 Å². The molecule has 1 fully saturated rings. The van der Waals surface area contributed by atoms with Gasteiger partial charge >= 0.3 is 0 Å². The SMILES string of the molecule is CC(F)(c1cccc(CN)c1)C1CCCCC1. The van der Waals surface area contributed by atoms with Crippen LogP contribution in [0.25, 0.3) is 0 Å². The van der Waals surface area contributed by atoms with E-state index in [4.69, 9.17) is 5.73 Å². The molecule has 0 saturated heterocycles. The van der Waals surface area contributed by atoms with Crippen molar-refractivity contribution in [1.82, 2.24) is 0 Å². The Bertz CT molecular complexity index is 367. The van der Waals surface area contributed by atoms with Crippen LogP contribution in [0, 0.1) is 5.92 Å². The zero-order chi connectivity index (χ0) is 12.3. The smallest absolute Gasteiger partial charge is 0.136 e. The van der Waals surface area contributed by atoms with Crippen LogP contribution in [-0.2, 0) is 12.2 Å². The van der Waals surface area contributed by atoms with E-state index in [0.717, 1.165) is 24.0 Å². The average molecular weight is 235 g/mol. The van der Waals surface area contributed by atoms with Crippen molar-refractivity contribution in [2.24, 2.45) is 11.7 Å². The summed E-state index contributed by atoms with van der Waals surface area (Å²) in [7, 11) is 0. The number of alkyl halides is 1. The molecule has 1 atom stereocenters. The van der Waals surface area contributed by atoms with E-state index in [1.54, 1.807) is 6.92 Å². The molecule has 1 saturated carbocycles. The Hall–Kier alpha value is -0.890. The quantitative estimate of drug-likeness (QED) is 0.844. The van der Waals surface area contributed by atoms with Gasteiger partial charge in [-0.05, 0) is 36.8 Å². The molecule has 17 heavy (non-hydrogen) atoms. The largest absolute Gasteiger partial charge is 0.326 e. The van der Waals surface area contributed by atoms with Crippen LogP contribution < -0.4 is 5.73 Å². The Morgan fingerprint density at radius 2 is 2.00 bits per heavy atom. The highest BCUT2D eigenvalue weighted by Crippen LogP contribution is 2.42. The molecule has 0 aliphatic heterocycles. The molecule has 2 heteroatoms. The lowest BCUT2D eigenvalue weighted by molar-refractivity contribution is 0.0725. The maximum atomic E-state index is 15.0. The summed E-state index contributed by atoms with van der Waals surface area (Å²) in [6.07, 6.45) is 5.62. The Labute approximate surface area is 103 Å². The maximum Gasteiger partial charge on any atom is 0.136 e. The second kappa shape index (κ2) is 5.18. The molecule has 1 aromatic rings. The fourth-order valence-electron chi connectivity index (χ4n) is 2.88. The fourth-order valence-corrected chi connectivity index (χ4v) is 2.88. The molecule has 2 N–H and O–H groups in total. The van der Waals surface area contributed by atoms with Crippen LogP contribution in [0.4, 0.5) is 4.39 Å². The summed E-state index contributed by atoms with van der Waals surface area (Å²) in [6, 6.07) is 7.70. The molecule has 94 valence electrons. The first-order valence-electron chi connectivity index (χ1n) is 6.63. The molecule has 1 nitrogen and oxygen atoms in total. The highest BCUT2D eigenvalue weighted by molar-refractivity contribution is 5.28. The van der Waals surface area contributed by atoms with Gasteiger partial charge in [0.1, 0.15) is 5.67 Å². The topological polar surface area (TPSA) is 26.0 Å². The minimum absolute atomic E-state index is 0.171. The van der Waals surface area contributed by atoms with Crippen LogP contribution in [0.3, 0.4) is 0 Å². The molecule has 0 radical (unpaired) electrons.